The Hall–Kier alpha value is -0.160. The van der Waals surface area contributed by atoms with Gasteiger partial charge in [-0.15, -0.1) is 0 Å². The molecule has 1 aromatic carbocycles. The molecule has 0 aliphatic rings. The second-order valence-corrected chi connectivity index (χ2v) is 12.6. The van der Waals surface area contributed by atoms with Crippen molar-refractivity contribution in [2.75, 3.05) is 12.4 Å². The van der Waals surface area contributed by atoms with Crippen molar-refractivity contribution in [3.8, 4) is 0 Å². The predicted octanol–water partition coefficient (Wildman–Crippen LogP) is 5.74. The molecular formula is C19H31O3PS2. The summed E-state index contributed by atoms with van der Waals surface area (Å²) in [4.78, 5) is 0. The highest BCUT2D eigenvalue weighted by atomic mass is 32.9. The third-order valence-electron chi connectivity index (χ3n) is 3.30. The van der Waals surface area contributed by atoms with Crippen LogP contribution in [0.2, 0.25) is 0 Å². The first kappa shape index (κ1) is 22.9. The van der Waals surface area contributed by atoms with Gasteiger partial charge in [0.15, 0.2) is 0 Å². The topological polar surface area (TPSA) is 38.7 Å². The van der Waals surface area contributed by atoms with Crippen LogP contribution in [0.25, 0.3) is 0 Å². The average Bonchev–Trinajstić information content (AvgIpc) is 2.52. The van der Waals surface area contributed by atoms with E-state index in [1.165, 1.54) is 11.1 Å². The lowest BCUT2D eigenvalue weighted by molar-refractivity contribution is 0.186. The van der Waals surface area contributed by atoms with E-state index in [-0.39, 0.29) is 18.8 Å². The molecule has 0 atom stereocenters. The zero-order valence-electron chi connectivity index (χ0n) is 15.7. The largest absolute Gasteiger partial charge is 0.396 e. The highest BCUT2D eigenvalue weighted by Crippen LogP contribution is 2.62. The van der Waals surface area contributed by atoms with Crippen molar-refractivity contribution in [2.45, 2.75) is 59.2 Å². The van der Waals surface area contributed by atoms with Gasteiger partial charge < -0.3 is 14.2 Å². The Morgan fingerprint density at radius 3 is 2.24 bits per heavy atom. The van der Waals surface area contributed by atoms with Gasteiger partial charge in [-0.2, -0.15) is 0 Å². The molecule has 0 aliphatic carbocycles. The van der Waals surface area contributed by atoms with Crippen LogP contribution in [0.4, 0.5) is 0 Å². The fourth-order valence-corrected chi connectivity index (χ4v) is 7.72. The van der Waals surface area contributed by atoms with Crippen LogP contribution in [-0.2, 0) is 27.3 Å². The van der Waals surface area contributed by atoms with E-state index in [4.69, 9.17) is 20.9 Å². The van der Waals surface area contributed by atoms with E-state index in [1.54, 1.807) is 11.4 Å². The van der Waals surface area contributed by atoms with Crippen LogP contribution in [0.5, 0.6) is 0 Å². The highest BCUT2D eigenvalue weighted by molar-refractivity contribution is 8.67. The summed E-state index contributed by atoms with van der Waals surface area (Å²) in [5.74, 6) is 0.751. The van der Waals surface area contributed by atoms with Gasteiger partial charge in [0.25, 0.3) is 0 Å². The summed E-state index contributed by atoms with van der Waals surface area (Å²) < 4.78 is 11.8. The number of aliphatic hydroxyl groups is 1. The fourth-order valence-electron chi connectivity index (χ4n) is 2.27. The molecule has 0 saturated carbocycles. The minimum atomic E-state index is -2.34. The Balaban J connectivity index is 2.63. The second kappa shape index (κ2) is 12.3. The Morgan fingerprint density at radius 2 is 1.72 bits per heavy atom. The van der Waals surface area contributed by atoms with E-state index < -0.39 is 5.69 Å². The highest BCUT2D eigenvalue weighted by Gasteiger charge is 2.22. The molecule has 0 fully saturated rings. The first-order valence-electron chi connectivity index (χ1n) is 8.78. The van der Waals surface area contributed by atoms with Gasteiger partial charge in [-0.3, -0.25) is 0 Å². The Bertz CT molecular complexity index is 545. The Morgan fingerprint density at radius 1 is 1.12 bits per heavy atom. The number of aliphatic hydroxyl groups excluding tert-OH is 1. The minimum Gasteiger partial charge on any atom is -0.396 e. The Labute approximate surface area is 162 Å². The molecular weight excluding hydrogens is 371 g/mol. The van der Waals surface area contributed by atoms with E-state index in [1.807, 2.05) is 33.8 Å². The van der Waals surface area contributed by atoms with Crippen molar-refractivity contribution in [3.63, 3.8) is 0 Å². The predicted molar refractivity (Wildman–Crippen MR) is 114 cm³/mol. The van der Waals surface area contributed by atoms with E-state index >= 15 is 0 Å². The van der Waals surface area contributed by atoms with Crippen molar-refractivity contribution in [3.05, 3.63) is 47.5 Å². The van der Waals surface area contributed by atoms with Crippen LogP contribution in [0.1, 0.15) is 46.1 Å². The number of rotatable bonds is 12. The van der Waals surface area contributed by atoms with Crippen molar-refractivity contribution in [1.29, 1.82) is 0 Å². The van der Waals surface area contributed by atoms with Crippen LogP contribution in [0.3, 0.4) is 0 Å². The van der Waals surface area contributed by atoms with Gasteiger partial charge in [0, 0.05) is 12.4 Å². The van der Waals surface area contributed by atoms with Crippen LogP contribution in [0.15, 0.2) is 42.0 Å². The molecule has 142 valence electrons. The summed E-state index contributed by atoms with van der Waals surface area (Å²) in [6, 6.07) is 10.4. The summed E-state index contributed by atoms with van der Waals surface area (Å²) in [6.45, 7) is 8.11. The maximum Gasteiger partial charge on any atom is 0.248 e. The lowest BCUT2D eigenvalue weighted by Gasteiger charge is -2.25. The zero-order valence-corrected chi connectivity index (χ0v) is 18.2. The van der Waals surface area contributed by atoms with Crippen molar-refractivity contribution >= 4 is 28.9 Å². The summed E-state index contributed by atoms with van der Waals surface area (Å²) >= 11 is 7.24. The van der Waals surface area contributed by atoms with E-state index in [0.717, 1.165) is 18.6 Å². The maximum absolute atomic E-state index is 9.32. The van der Waals surface area contributed by atoms with Gasteiger partial charge in [-0.1, -0.05) is 53.4 Å². The summed E-state index contributed by atoms with van der Waals surface area (Å²) in [5, 5.41) is 9.32. The zero-order chi connectivity index (χ0) is 18.7. The van der Waals surface area contributed by atoms with Gasteiger partial charge in [0.05, 0.1) is 12.2 Å². The van der Waals surface area contributed by atoms with Crippen molar-refractivity contribution < 1.29 is 14.2 Å². The molecule has 0 bridgehead atoms. The smallest absolute Gasteiger partial charge is 0.248 e. The lowest BCUT2D eigenvalue weighted by Crippen LogP contribution is -2.06. The third kappa shape index (κ3) is 10.5. The van der Waals surface area contributed by atoms with Crippen LogP contribution < -0.4 is 0 Å². The molecule has 0 amide bonds. The first-order valence-corrected chi connectivity index (χ1v) is 13.0. The molecule has 0 unspecified atom stereocenters. The molecule has 0 saturated heterocycles. The number of aryl methyl sites for hydroxylation is 1. The number of hydrogen-bond donors (Lipinski definition) is 1. The van der Waals surface area contributed by atoms with Crippen LogP contribution >= 0.6 is 17.1 Å². The molecule has 0 aromatic heterocycles. The van der Waals surface area contributed by atoms with Gasteiger partial charge in [-0.05, 0) is 64.3 Å². The molecule has 1 aromatic rings. The van der Waals surface area contributed by atoms with E-state index in [0.29, 0.717) is 6.42 Å². The normalized spacial score (nSPS) is 13.0. The average molecular weight is 403 g/mol. The monoisotopic (exact) mass is 402 g/mol. The fraction of sp³-hybridized carbons (Fsp3) is 0.579. The summed E-state index contributed by atoms with van der Waals surface area (Å²) in [7, 11) is 0. The summed E-state index contributed by atoms with van der Waals surface area (Å²) in [6.07, 6.45) is 4.91. The first-order chi connectivity index (χ1) is 11.8. The third-order valence-corrected chi connectivity index (χ3v) is 8.66. The van der Waals surface area contributed by atoms with Gasteiger partial charge in [-0.25, -0.2) is 0 Å². The Kier molecular flexibility index (Phi) is 11.2. The molecule has 1 N–H and O–H groups in total. The number of hydrogen-bond acceptors (Lipinski definition) is 5. The standard InChI is InChI=1S/C19H31O3PS2/c1-16(2)21-23(24,22-17(3)4)25-15-13-19(12-14-20)11-10-18-8-6-5-7-9-18/h5-9,13,16-17,20H,10-12,14-15H2,1-4H3/b19-13-. The molecule has 1 rings (SSSR count). The van der Waals surface area contributed by atoms with Gasteiger partial charge in [0.2, 0.25) is 5.69 Å². The molecule has 25 heavy (non-hydrogen) atoms. The van der Waals surface area contributed by atoms with Crippen LogP contribution in [-0.4, -0.2) is 29.7 Å². The van der Waals surface area contributed by atoms with Crippen molar-refractivity contribution in [2.24, 2.45) is 0 Å². The maximum atomic E-state index is 9.32. The quantitative estimate of drug-likeness (QED) is 0.357. The van der Waals surface area contributed by atoms with E-state index in [9.17, 15) is 5.11 Å². The van der Waals surface area contributed by atoms with Crippen LogP contribution in [0, 0.1) is 0 Å². The van der Waals surface area contributed by atoms with E-state index in [2.05, 4.69) is 30.3 Å². The molecule has 0 aliphatic heterocycles. The van der Waals surface area contributed by atoms with Crippen molar-refractivity contribution in [1.82, 2.24) is 0 Å². The lowest BCUT2D eigenvalue weighted by atomic mass is 10.0. The van der Waals surface area contributed by atoms with Gasteiger partial charge >= 0.3 is 0 Å². The molecule has 3 nitrogen and oxygen atoms in total. The molecule has 0 heterocycles. The molecule has 6 heteroatoms. The van der Waals surface area contributed by atoms with Gasteiger partial charge in [0.1, 0.15) is 0 Å². The number of benzene rings is 1. The minimum absolute atomic E-state index is 0.0519. The SMILES string of the molecule is CC(C)OP(=S)(OC(C)C)SC/C=C(\CCO)CCc1ccccc1. The molecule has 0 radical (unpaired) electrons. The second-order valence-electron chi connectivity index (χ2n) is 6.37. The summed E-state index contributed by atoms with van der Waals surface area (Å²) in [5.41, 5.74) is 0.233. The molecule has 0 spiro atoms.